The van der Waals surface area contributed by atoms with Gasteiger partial charge in [0.25, 0.3) is 5.91 Å². The van der Waals surface area contributed by atoms with Crippen molar-refractivity contribution in [3.63, 3.8) is 0 Å². The summed E-state index contributed by atoms with van der Waals surface area (Å²) >= 11 is 0. The first kappa shape index (κ1) is 12.6. The first-order valence-corrected chi connectivity index (χ1v) is 6.03. The lowest BCUT2D eigenvalue weighted by Crippen LogP contribution is -2.33. The standard InChI is InChI=1S/C14H17NO3/c1-2-6-15(7-8-16)14(17)12-3-4-13-11(10-12)5-9-18-13/h2-4,10,16H,1,5-9H2. The molecule has 1 aliphatic heterocycles. The maximum atomic E-state index is 12.3. The maximum Gasteiger partial charge on any atom is 0.254 e. The summed E-state index contributed by atoms with van der Waals surface area (Å²) in [5.41, 5.74) is 1.71. The lowest BCUT2D eigenvalue weighted by atomic mass is 10.1. The van der Waals surface area contributed by atoms with E-state index >= 15 is 0 Å². The summed E-state index contributed by atoms with van der Waals surface area (Å²) in [7, 11) is 0. The molecule has 0 aliphatic carbocycles. The molecule has 0 bridgehead atoms. The molecule has 1 aromatic carbocycles. The number of rotatable bonds is 5. The van der Waals surface area contributed by atoms with Gasteiger partial charge in [0.15, 0.2) is 0 Å². The van der Waals surface area contributed by atoms with Crippen molar-refractivity contribution in [1.82, 2.24) is 4.90 Å². The summed E-state index contributed by atoms with van der Waals surface area (Å²) in [5.74, 6) is 0.780. The quantitative estimate of drug-likeness (QED) is 0.796. The Kier molecular flexibility index (Phi) is 3.99. The van der Waals surface area contributed by atoms with Crippen LogP contribution in [0.2, 0.25) is 0 Å². The molecule has 18 heavy (non-hydrogen) atoms. The molecule has 0 atom stereocenters. The number of amides is 1. The van der Waals surface area contributed by atoms with Crippen molar-refractivity contribution in [3.8, 4) is 5.75 Å². The highest BCUT2D eigenvalue weighted by molar-refractivity contribution is 5.94. The third kappa shape index (κ3) is 2.54. The summed E-state index contributed by atoms with van der Waals surface area (Å²) in [6, 6.07) is 5.47. The van der Waals surface area contributed by atoms with Crippen molar-refractivity contribution in [2.75, 3.05) is 26.3 Å². The Morgan fingerprint density at radius 3 is 3.11 bits per heavy atom. The molecule has 1 aliphatic rings. The molecule has 4 heteroatoms. The highest BCUT2D eigenvalue weighted by Gasteiger charge is 2.18. The molecule has 96 valence electrons. The van der Waals surface area contributed by atoms with Crippen LogP contribution in [0.5, 0.6) is 5.75 Å². The number of aliphatic hydroxyl groups is 1. The monoisotopic (exact) mass is 247 g/mol. The zero-order chi connectivity index (χ0) is 13.0. The number of fused-ring (bicyclic) bond motifs is 1. The Balaban J connectivity index is 2.18. The molecule has 0 spiro atoms. The van der Waals surface area contributed by atoms with E-state index in [9.17, 15) is 4.79 Å². The lowest BCUT2D eigenvalue weighted by molar-refractivity contribution is 0.0743. The molecule has 1 heterocycles. The van der Waals surface area contributed by atoms with Crippen molar-refractivity contribution in [2.45, 2.75) is 6.42 Å². The van der Waals surface area contributed by atoms with Gasteiger partial charge in [-0.05, 0) is 23.8 Å². The minimum absolute atomic E-state index is 0.0480. The van der Waals surface area contributed by atoms with Crippen LogP contribution in [0.15, 0.2) is 30.9 Å². The van der Waals surface area contributed by atoms with Gasteiger partial charge in [-0.25, -0.2) is 0 Å². The average molecular weight is 247 g/mol. The number of carbonyl (C=O) groups is 1. The number of aliphatic hydroxyl groups excluding tert-OH is 1. The molecule has 0 radical (unpaired) electrons. The third-order valence-electron chi connectivity index (χ3n) is 2.94. The Morgan fingerprint density at radius 1 is 1.56 bits per heavy atom. The van der Waals surface area contributed by atoms with Crippen molar-refractivity contribution in [3.05, 3.63) is 42.0 Å². The second-order valence-electron chi connectivity index (χ2n) is 4.18. The first-order valence-electron chi connectivity index (χ1n) is 6.03. The van der Waals surface area contributed by atoms with Crippen LogP contribution in [-0.4, -0.2) is 42.2 Å². The Bertz CT molecular complexity index is 456. The molecule has 0 fully saturated rings. The number of hydrogen-bond acceptors (Lipinski definition) is 3. The van der Waals surface area contributed by atoms with Gasteiger partial charge in [0.1, 0.15) is 5.75 Å². The predicted molar refractivity (Wildman–Crippen MR) is 68.8 cm³/mol. The first-order chi connectivity index (χ1) is 8.76. The van der Waals surface area contributed by atoms with E-state index in [1.54, 1.807) is 17.0 Å². The van der Waals surface area contributed by atoms with E-state index in [4.69, 9.17) is 9.84 Å². The van der Waals surface area contributed by atoms with E-state index in [2.05, 4.69) is 6.58 Å². The van der Waals surface area contributed by atoms with Crippen molar-refractivity contribution < 1.29 is 14.6 Å². The summed E-state index contributed by atoms with van der Waals surface area (Å²) in [4.78, 5) is 13.8. The molecular weight excluding hydrogens is 230 g/mol. The fourth-order valence-electron chi connectivity index (χ4n) is 2.05. The van der Waals surface area contributed by atoms with E-state index < -0.39 is 0 Å². The molecule has 2 rings (SSSR count). The predicted octanol–water partition coefficient (Wildman–Crippen LogP) is 1.24. The molecule has 0 unspecified atom stereocenters. The van der Waals surface area contributed by atoms with Gasteiger partial charge < -0.3 is 14.7 Å². The molecular formula is C14H17NO3. The Morgan fingerprint density at radius 2 is 2.39 bits per heavy atom. The number of nitrogens with zero attached hydrogens (tertiary/aromatic N) is 1. The lowest BCUT2D eigenvalue weighted by Gasteiger charge is -2.20. The second kappa shape index (κ2) is 5.69. The van der Waals surface area contributed by atoms with Crippen molar-refractivity contribution >= 4 is 5.91 Å². The minimum Gasteiger partial charge on any atom is -0.493 e. The third-order valence-corrected chi connectivity index (χ3v) is 2.94. The van der Waals surface area contributed by atoms with E-state index in [0.29, 0.717) is 25.3 Å². The Labute approximate surface area is 106 Å². The smallest absolute Gasteiger partial charge is 0.254 e. The van der Waals surface area contributed by atoms with Gasteiger partial charge in [0.05, 0.1) is 13.2 Å². The van der Waals surface area contributed by atoms with E-state index in [-0.39, 0.29) is 12.5 Å². The summed E-state index contributed by atoms with van der Waals surface area (Å²) in [5, 5.41) is 8.97. The molecule has 0 saturated heterocycles. The topological polar surface area (TPSA) is 49.8 Å². The van der Waals surface area contributed by atoms with Gasteiger partial charge in [-0.1, -0.05) is 6.08 Å². The van der Waals surface area contributed by atoms with Crippen LogP contribution in [0, 0.1) is 0 Å². The zero-order valence-corrected chi connectivity index (χ0v) is 10.3. The second-order valence-corrected chi connectivity index (χ2v) is 4.18. The minimum atomic E-state index is -0.0846. The molecule has 1 N–H and O–H groups in total. The van der Waals surface area contributed by atoms with Gasteiger partial charge in [0.2, 0.25) is 0 Å². The highest BCUT2D eigenvalue weighted by Crippen LogP contribution is 2.26. The van der Waals surface area contributed by atoms with Crippen LogP contribution in [0.4, 0.5) is 0 Å². The van der Waals surface area contributed by atoms with Gasteiger partial charge in [-0.3, -0.25) is 4.79 Å². The molecule has 1 amide bonds. The van der Waals surface area contributed by atoms with Gasteiger partial charge >= 0.3 is 0 Å². The molecule has 1 aromatic rings. The van der Waals surface area contributed by atoms with E-state index in [1.807, 2.05) is 12.1 Å². The van der Waals surface area contributed by atoms with Crippen LogP contribution in [0.3, 0.4) is 0 Å². The van der Waals surface area contributed by atoms with Gasteiger partial charge in [-0.15, -0.1) is 6.58 Å². The fourth-order valence-corrected chi connectivity index (χ4v) is 2.05. The highest BCUT2D eigenvalue weighted by atomic mass is 16.5. The molecule has 4 nitrogen and oxygen atoms in total. The van der Waals surface area contributed by atoms with Crippen molar-refractivity contribution in [1.29, 1.82) is 0 Å². The average Bonchev–Trinajstić information content (AvgIpc) is 2.84. The largest absolute Gasteiger partial charge is 0.493 e. The molecule has 0 saturated carbocycles. The number of hydrogen-bond donors (Lipinski definition) is 1. The maximum absolute atomic E-state index is 12.3. The SMILES string of the molecule is C=CCN(CCO)C(=O)c1ccc2c(c1)CCO2. The summed E-state index contributed by atoms with van der Waals surface area (Å²) in [6.07, 6.45) is 2.50. The summed E-state index contributed by atoms with van der Waals surface area (Å²) < 4.78 is 5.41. The Hall–Kier alpha value is -1.81. The number of carbonyl (C=O) groups excluding carboxylic acids is 1. The normalized spacial score (nSPS) is 12.7. The van der Waals surface area contributed by atoms with E-state index in [1.165, 1.54) is 0 Å². The number of benzene rings is 1. The van der Waals surface area contributed by atoms with Gasteiger partial charge in [0, 0.05) is 25.1 Å². The fraction of sp³-hybridized carbons (Fsp3) is 0.357. The van der Waals surface area contributed by atoms with Crippen LogP contribution < -0.4 is 4.74 Å². The van der Waals surface area contributed by atoms with Crippen LogP contribution in [0.25, 0.3) is 0 Å². The van der Waals surface area contributed by atoms with Crippen LogP contribution >= 0.6 is 0 Å². The number of ether oxygens (including phenoxy) is 1. The van der Waals surface area contributed by atoms with Crippen LogP contribution in [0.1, 0.15) is 15.9 Å². The van der Waals surface area contributed by atoms with E-state index in [0.717, 1.165) is 17.7 Å². The van der Waals surface area contributed by atoms with Gasteiger partial charge in [-0.2, -0.15) is 0 Å². The summed E-state index contributed by atoms with van der Waals surface area (Å²) in [6.45, 7) is 5.01. The van der Waals surface area contributed by atoms with Crippen LogP contribution in [-0.2, 0) is 6.42 Å². The molecule has 0 aromatic heterocycles. The zero-order valence-electron chi connectivity index (χ0n) is 10.3. The van der Waals surface area contributed by atoms with Crippen molar-refractivity contribution in [2.24, 2.45) is 0 Å².